The Balaban J connectivity index is 2.71. The van der Waals surface area contributed by atoms with Gasteiger partial charge in [-0.25, -0.2) is 0 Å². The minimum Gasteiger partial charge on any atom is -0.461 e. The number of hydrogen-bond donors (Lipinski definition) is 3. The first-order valence-corrected chi connectivity index (χ1v) is 7.95. The van der Waals surface area contributed by atoms with Crippen LogP contribution >= 0.6 is 0 Å². The van der Waals surface area contributed by atoms with Crippen LogP contribution in [0.1, 0.15) is 32.3 Å². The Bertz CT molecular complexity index is 709. The largest absolute Gasteiger partial charge is 0.461 e. The van der Waals surface area contributed by atoms with Gasteiger partial charge in [0.2, 0.25) is 17.7 Å². The molecule has 0 aliphatic rings. The molecule has 8 nitrogen and oxygen atoms in total. The van der Waals surface area contributed by atoms with Crippen LogP contribution in [0.4, 0.5) is 0 Å². The fraction of sp³-hybridized carbons (Fsp3) is 0.333. The summed E-state index contributed by atoms with van der Waals surface area (Å²) >= 11 is 0. The number of ether oxygens (including phenoxy) is 1. The Kier molecular flexibility index (Phi) is 8.01. The number of hydrogen-bond acceptors (Lipinski definition) is 5. The van der Waals surface area contributed by atoms with Crippen molar-refractivity contribution in [1.29, 1.82) is 0 Å². The molecule has 0 fully saturated rings. The van der Waals surface area contributed by atoms with E-state index in [-0.39, 0.29) is 18.6 Å². The van der Waals surface area contributed by atoms with Crippen LogP contribution in [0.15, 0.2) is 41.5 Å². The fourth-order valence-electron chi connectivity index (χ4n) is 2.09. The van der Waals surface area contributed by atoms with Gasteiger partial charge < -0.3 is 21.5 Å². The van der Waals surface area contributed by atoms with E-state index in [1.54, 1.807) is 13.8 Å². The highest BCUT2D eigenvalue weighted by atomic mass is 16.5. The van der Waals surface area contributed by atoms with Crippen LogP contribution in [0.2, 0.25) is 0 Å². The van der Waals surface area contributed by atoms with Gasteiger partial charge in [-0.1, -0.05) is 35.9 Å². The highest BCUT2D eigenvalue weighted by Gasteiger charge is 2.24. The topological polar surface area (TPSA) is 142 Å². The van der Waals surface area contributed by atoms with E-state index in [0.717, 1.165) is 5.56 Å². The van der Waals surface area contributed by atoms with Gasteiger partial charge in [-0.15, -0.1) is 0 Å². The van der Waals surface area contributed by atoms with Gasteiger partial charge in [-0.2, -0.15) is 0 Å². The summed E-state index contributed by atoms with van der Waals surface area (Å²) in [6.07, 6.45) is -0.696. The number of nitrogens with two attached hydrogens (primary N) is 2. The molecule has 1 rings (SSSR count). The minimum absolute atomic E-state index is 0.0862. The van der Waals surface area contributed by atoms with Gasteiger partial charge in [0.15, 0.2) is 0 Å². The van der Waals surface area contributed by atoms with E-state index in [9.17, 15) is 19.2 Å². The van der Waals surface area contributed by atoms with Crippen molar-refractivity contribution in [3.63, 3.8) is 0 Å². The average molecular weight is 361 g/mol. The van der Waals surface area contributed by atoms with Crippen LogP contribution in [0.5, 0.6) is 0 Å². The van der Waals surface area contributed by atoms with Crippen LogP contribution in [-0.4, -0.2) is 29.7 Å². The maximum Gasteiger partial charge on any atom is 0.310 e. The van der Waals surface area contributed by atoms with E-state index in [1.807, 2.05) is 30.3 Å². The molecule has 0 aliphatic carbocycles. The third kappa shape index (κ3) is 7.16. The highest BCUT2D eigenvalue weighted by Crippen LogP contribution is 2.12. The second kappa shape index (κ2) is 9.97. The predicted molar refractivity (Wildman–Crippen MR) is 94.2 cm³/mol. The van der Waals surface area contributed by atoms with E-state index < -0.39 is 36.2 Å². The molecular formula is C18H23N3O5. The van der Waals surface area contributed by atoms with Gasteiger partial charge in [0.05, 0.1) is 12.8 Å². The molecule has 0 saturated heterocycles. The molecule has 1 aromatic rings. The Labute approximate surface area is 151 Å². The van der Waals surface area contributed by atoms with E-state index in [1.165, 1.54) is 0 Å². The number of nitrogens with one attached hydrogen (secondary N) is 1. The van der Waals surface area contributed by atoms with Crippen LogP contribution in [0, 0.1) is 0 Å². The summed E-state index contributed by atoms with van der Waals surface area (Å²) in [5.41, 5.74) is 11.7. The predicted octanol–water partition coefficient (Wildman–Crippen LogP) is 0.302. The third-order valence-electron chi connectivity index (χ3n) is 3.50. The Morgan fingerprint density at radius 3 is 2.19 bits per heavy atom. The number of allylic oxidation sites excluding steroid dienone is 1. The van der Waals surface area contributed by atoms with Gasteiger partial charge >= 0.3 is 5.97 Å². The number of esters is 1. The highest BCUT2D eigenvalue weighted by molar-refractivity contribution is 6.01. The fourth-order valence-corrected chi connectivity index (χ4v) is 2.09. The number of primary amides is 2. The summed E-state index contributed by atoms with van der Waals surface area (Å²) in [7, 11) is 0. The van der Waals surface area contributed by atoms with E-state index in [2.05, 4.69) is 5.32 Å². The number of amides is 3. The van der Waals surface area contributed by atoms with Crippen molar-refractivity contribution in [2.75, 3.05) is 0 Å². The number of carbonyl (C=O) groups excluding carboxylic acids is 4. The van der Waals surface area contributed by atoms with Crippen LogP contribution in [-0.2, 0) is 30.5 Å². The van der Waals surface area contributed by atoms with Gasteiger partial charge in [0, 0.05) is 5.57 Å². The summed E-state index contributed by atoms with van der Waals surface area (Å²) < 4.78 is 5.16. The van der Waals surface area contributed by atoms with Crippen molar-refractivity contribution in [2.24, 2.45) is 11.5 Å². The minimum atomic E-state index is -1.24. The molecule has 0 spiro atoms. The molecule has 3 amide bonds. The first-order valence-electron chi connectivity index (χ1n) is 7.95. The van der Waals surface area contributed by atoms with Gasteiger partial charge in [-0.05, 0) is 19.4 Å². The zero-order valence-corrected chi connectivity index (χ0v) is 14.8. The lowest BCUT2D eigenvalue weighted by molar-refractivity contribution is -0.144. The quantitative estimate of drug-likeness (QED) is 0.428. The number of benzene rings is 1. The molecule has 1 aromatic carbocycles. The van der Waals surface area contributed by atoms with E-state index in [0.29, 0.717) is 5.57 Å². The summed E-state index contributed by atoms with van der Waals surface area (Å²) in [6.45, 7) is 3.38. The molecule has 26 heavy (non-hydrogen) atoms. The van der Waals surface area contributed by atoms with Crippen molar-refractivity contribution in [3.05, 3.63) is 47.0 Å². The Morgan fingerprint density at radius 2 is 1.69 bits per heavy atom. The Morgan fingerprint density at radius 1 is 1.08 bits per heavy atom. The maximum absolute atomic E-state index is 12.4. The zero-order valence-electron chi connectivity index (χ0n) is 14.8. The van der Waals surface area contributed by atoms with Crippen molar-refractivity contribution in [1.82, 2.24) is 5.32 Å². The maximum atomic E-state index is 12.4. The lowest BCUT2D eigenvalue weighted by Gasteiger charge is -2.16. The van der Waals surface area contributed by atoms with Crippen LogP contribution < -0.4 is 16.8 Å². The number of carbonyl (C=O) groups is 4. The van der Waals surface area contributed by atoms with Crippen LogP contribution in [0.3, 0.4) is 0 Å². The van der Waals surface area contributed by atoms with Gasteiger partial charge in [0.1, 0.15) is 12.6 Å². The lowest BCUT2D eigenvalue weighted by atomic mass is 10.1. The molecule has 0 bridgehead atoms. The van der Waals surface area contributed by atoms with Gasteiger partial charge in [-0.3, -0.25) is 19.2 Å². The van der Waals surface area contributed by atoms with E-state index >= 15 is 0 Å². The lowest BCUT2D eigenvalue weighted by Crippen LogP contribution is -2.47. The smallest absolute Gasteiger partial charge is 0.310 e. The standard InChI is InChI=1S/C18H23N3O5/c1-11(2)13(18(25)21-14(17(20)24)9-15(19)22)8-16(23)26-10-12-6-4-3-5-7-12/h3-7,14H,8-10H2,1-2H3,(H2,19,22)(H2,20,24)(H,21,25)/t14-/m0/s1. The third-order valence-corrected chi connectivity index (χ3v) is 3.50. The molecule has 8 heteroatoms. The summed E-state index contributed by atoms with van der Waals surface area (Å²) in [6, 6.07) is 7.86. The second-order valence-electron chi connectivity index (χ2n) is 5.90. The molecule has 0 aromatic heterocycles. The molecule has 0 saturated carbocycles. The number of rotatable bonds is 9. The van der Waals surface area contributed by atoms with Crippen molar-refractivity contribution in [2.45, 2.75) is 39.3 Å². The Hall–Kier alpha value is -3.16. The van der Waals surface area contributed by atoms with Crippen molar-refractivity contribution >= 4 is 23.7 Å². The molecule has 0 heterocycles. The zero-order chi connectivity index (χ0) is 19.7. The van der Waals surface area contributed by atoms with Crippen LogP contribution in [0.25, 0.3) is 0 Å². The second-order valence-corrected chi connectivity index (χ2v) is 5.90. The monoisotopic (exact) mass is 361 g/mol. The first kappa shape index (κ1) is 20.9. The molecule has 0 radical (unpaired) electrons. The molecule has 0 unspecified atom stereocenters. The molecule has 1 atom stereocenters. The van der Waals surface area contributed by atoms with Crippen molar-refractivity contribution < 1.29 is 23.9 Å². The summed E-state index contributed by atoms with van der Waals surface area (Å²) in [4.78, 5) is 46.7. The average Bonchev–Trinajstić information content (AvgIpc) is 2.57. The molecule has 140 valence electrons. The normalized spacial score (nSPS) is 11.2. The first-order chi connectivity index (χ1) is 12.2. The SMILES string of the molecule is CC(C)=C(CC(=O)OCc1ccccc1)C(=O)N[C@@H](CC(N)=O)C(N)=O. The summed E-state index contributed by atoms with van der Waals surface area (Å²) in [5.74, 6) is -2.94. The van der Waals surface area contributed by atoms with E-state index in [4.69, 9.17) is 16.2 Å². The van der Waals surface area contributed by atoms with Crippen molar-refractivity contribution in [3.8, 4) is 0 Å². The van der Waals surface area contributed by atoms with Gasteiger partial charge in [0.25, 0.3) is 0 Å². The molecule has 5 N–H and O–H groups in total. The molecule has 0 aliphatic heterocycles. The summed E-state index contributed by atoms with van der Waals surface area (Å²) in [5, 5.41) is 2.33. The molecular weight excluding hydrogens is 338 g/mol.